The Kier molecular flexibility index (Phi) is 3.09. The number of furan rings is 1. The van der Waals surface area contributed by atoms with Crippen LogP contribution in [0, 0.1) is 0 Å². The monoisotopic (exact) mass is 275 g/mol. The molecular weight excluding hydrogens is 266 g/mol. The molecule has 1 aromatic rings. The highest BCUT2D eigenvalue weighted by Gasteiger charge is 2.32. The van der Waals surface area contributed by atoms with Crippen LogP contribution in [0.1, 0.15) is 17.0 Å². The molecule has 0 bridgehead atoms. The molecule has 0 aromatic carbocycles. The second-order valence-corrected chi connectivity index (χ2v) is 5.20. The number of hydrogen-bond acceptors (Lipinski definition) is 6. The van der Waals surface area contributed by atoms with E-state index in [1.807, 2.05) is 0 Å². The van der Waals surface area contributed by atoms with Crippen LogP contribution in [0.3, 0.4) is 0 Å². The molecule has 0 aliphatic carbocycles. The zero-order valence-electron chi connectivity index (χ0n) is 8.95. The zero-order chi connectivity index (χ0) is 13.3. The quantitative estimate of drug-likeness (QED) is 0.715. The number of nitrogens with one attached hydrogen (secondary N) is 1. The van der Waals surface area contributed by atoms with Crippen LogP contribution >= 0.6 is 0 Å². The van der Waals surface area contributed by atoms with E-state index in [1.165, 1.54) is 0 Å². The van der Waals surface area contributed by atoms with Gasteiger partial charge in [-0.05, 0) is 12.1 Å². The van der Waals surface area contributed by atoms with Crippen LogP contribution in [0.4, 0.5) is 0 Å². The Labute approximate surface area is 102 Å². The second kappa shape index (κ2) is 4.42. The Hall–Kier alpha value is -1.87. The average molecular weight is 275 g/mol. The van der Waals surface area contributed by atoms with Gasteiger partial charge in [0.2, 0.25) is 10.9 Å². The highest BCUT2D eigenvalue weighted by molar-refractivity contribution is 7.89. The molecule has 2 heterocycles. The van der Waals surface area contributed by atoms with Gasteiger partial charge in [-0.25, -0.2) is 13.2 Å². The Morgan fingerprint density at radius 1 is 1.44 bits per heavy atom. The lowest BCUT2D eigenvalue weighted by atomic mass is 10.3. The summed E-state index contributed by atoms with van der Waals surface area (Å²) in [5.74, 6) is -2.54. The number of carbonyl (C=O) groups excluding carboxylic acids is 1. The lowest BCUT2D eigenvalue weighted by molar-refractivity contribution is -0.139. The van der Waals surface area contributed by atoms with Crippen molar-refractivity contribution >= 4 is 22.0 Å². The number of carboxylic acid groups (broad SMARTS) is 1. The fourth-order valence-corrected chi connectivity index (χ4v) is 2.58. The first-order valence-electron chi connectivity index (χ1n) is 4.92. The molecule has 1 unspecified atom stereocenters. The van der Waals surface area contributed by atoms with Crippen molar-refractivity contribution in [2.45, 2.75) is 17.6 Å². The molecule has 0 spiro atoms. The molecule has 1 saturated heterocycles. The number of carboxylic acids is 1. The maximum absolute atomic E-state index is 11.8. The maximum atomic E-state index is 11.8. The fourth-order valence-electron chi connectivity index (χ4n) is 1.43. The van der Waals surface area contributed by atoms with E-state index < -0.39 is 38.9 Å². The molecule has 2 rings (SSSR count). The summed E-state index contributed by atoms with van der Waals surface area (Å²) in [6.07, 6.45) is 0.227. The SMILES string of the molecule is O=C(O)c1ccc(S(=O)(=O)NC2CCOC2=O)o1. The van der Waals surface area contributed by atoms with Gasteiger partial charge in [0.05, 0.1) is 6.61 Å². The summed E-state index contributed by atoms with van der Waals surface area (Å²) in [7, 11) is -4.07. The number of hydrogen-bond donors (Lipinski definition) is 2. The number of sulfonamides is 1. The van der Waals surface area contributed by atoms with Gasteiger partial charge in [-0.1, -0.05) is 0 Å². The summed E-state index contributed by atoms with van der Waals surface area (Å²) < 4.78 is 34.9. The van der Waals surface area contributed by atoms with Crippen LogP contribution in [0.2, 0.25) is 0 Å². The summed E-state index contributed by atoms with van der Waals surface area (Å²) >= 11 is 0. The summed E-state index contributed by atoms with van der Waals surface area (Å²) in [6.45, 7) is 0.143. The smallest absolute Gasteiger partial charge is 0.371 e. The molecule has 9 heteroatoms. The first kappa shape index (κ1) is 12.6. The minimum atomic E-state index is -4.07. The van der Waals surface area contributed by atoms with Gasteiger partial charge in [0, 0.05) is 6.42 Å². The predicted molar refractivity (Wildman–Crippen MR) is 55.4 cm³/mol. The van der Waals surface area contributed by atoms with E-state index >= 15 is 0 Å². The average Bonchev–Trinajstić information content (AvgIpc) is 2.88. The van der Waals surface area contributed by atoms with Crippen LogP contribution in [0.25, 0.3) is 0 Å². The zero-order valence-corrected chi connectivity index (χ0v) is 9.77. The molecule has 8 nitrogen and oxygen atoms in total. The van der Waals surface area contributed by atoms with E-state index in [0.717, 1.165) is 12.1 Å². The number of ether oxygens (including phenoxy) is 1. The predicted octanol–water partition coefficient (Wildman–Crippen LogP) is -0.428. The largest absolute Gasteiger partial charge is 0.475 e. The Morgan fingerprint density at radius 3 is 2.67 bits per heavy atom. The van der Waals surface area contributed by atoms with Gasteiger partial charge >= 0.3 is 11.9 Å². The molecule has 1 aliphatic rings. The van der Waals surface area contributed by atoms with Gasteiger partial charge in [0.25, 0.3) is 10.0 Å². The van der Waals surface area contributed by atoms with Crippen molar-refractivity contribution in [2.75, 3.05) is 6.61 Å². The Bertz CT molecular complexity index is 588. The number of cyclic esters (lactones) is 1. The minimum Gasteiger partial charge on any atom is -0.475 e. The number of esters is 1. The molecule has 1 aliphatic heterocycles. The minimum absolute atomic E-state index is 0.143. The third kappa shape index (κ3) is 2.36. The number of aromatic carboxylic acids is 1. The molecule has 2 N–H and O–H groups in total. The molecule has 0 saturated carbocycles. The van der Waals surface area contributed by atoms with Gasteiger partial charge in [-0.15, -0.1) is 0 Å². The lowest BCUT2D eigenvalue weighted by Crippen LogP contribution is -2.37. The number of carbonyl (C=O) groups is 2. The number of rotatable bonds is 4. The van der Waals surface area contributed by atoms with E-state index in [4.69, 9.17) is 5.11 Å². The van der Waals surface area contributed by atoms with Gasteiger partial charge < -0.3 is 14.3 Å². The summed E-state index contributed by atoms with van der Waals surface area (Å²) in [5, 5.41) is 8.05. The molecule has 98 valence electrons. The summed E-state index contributed by atoms with van der Waals surface area (Å²) in [4.78, 5) is 21.7. The highest BCUT2D eigenvalue weighted by atomic mass is 32.2. The van der Waals surface area contributed by atoms with Gasteiger partial charge in [-0.3, -0.25) is 4.79 Å². The molecule has 1 aromatic heterocycles. The van der Waals surface area contributed by atoms with Crippen molar-refractivity contribution in [3.8, 4) is 0 Å². The standard InChI is InChI=1S/C9H9NO7S/c11-8(12)6-1-2-7(17-6)18(14,15)10-5-3-4-16-9(5)13/h1-2,5,10H,3-4H2,(H,11,12). The van der Waals surface area contributed by atoms with Crippen LogP contribution in [-0.2, 0) is 19.6 Å². The Balaban J connectivity index is 2.19. The summed E-state index contributed by atoms with van der Waals surface area (Å²) in [5.41, 5.74) is 0. The normalized spacial score (nSPS) is 19.8. The third-order valence-electron chi connectivity index (χ3n) is 2.29. The molecular formula is C9H9NO7S. The molecule has 0 radical (unpaired) electrons. The van der Waals surface area contributed by atoms with Gasteiger partial charge in [-0.2, -0.15) is 4.72 Å². The van der Waals surface area contributed by atoms with Crippen molar-refractivity contribution in [3.05, 3.63) is 17.9 Å². The van der Waals surface area contributed by atoms with Crippen molar-refractivity contribution in [2.24, 2.45) is 0 Å². The summed E-state index contributed by atoms with van der Waals surface area (Å²) in [6, 6.07) is 1.06. The molecule has 0 amide bonds. The molecule has 1 fully saturated rings. The third-order valence-corrected chi connectivity index (χ3v) is 3.63. The van der Waals surface area contributed by atoms with E-state index in [-0.39, 0.29) is 13.0 Å². The first-order chi connectivity index (χ1) is 8.40. The molecule has 18 heavy (non-hydrogen) atoms. The van der Waals surface area contributed by atoms with E-state index in [1.54, 1.807) is 0 Å². The van der Waals surface area contributed by atoms with Crippen molar-refractivity contribution in [3.63, 3.8) is 0 Å². The molecule has 1 atom stereocenters. The van der Waals surface area contributed by atoms with Crippen molar-refractivity contribution in [1.29, 1.82) is 0 Å². The van der Waals surface area contributed by atoms with Crippen LogP contribution in [0.15, 0.2) is 21.6 Å². The van der Waals surface area contributed by atoms with Gasteiger partial charge in [0.1, 0.15) is 6.04 Å². The second-order valence-electron chi connectivity index (χ2n) is 3.55. The van der Waals surface area contributed by atoms with Crippen LogP contribution in [0.5, 0.6) is 0 Å². The van der Waals surface area contributed by atoms with E-state index in [2.05, 4.69) is 13.9 Å². The van der Waals surface area contributed by atoms with Gasteiger partial charge in [0.15, 0.2) is 0 Å². The van der Waals surface area contributed by atoms with Crippen LogP contribution < -0.4 is 4.72 Å². The lowest BCUT2D eigenvalue weighted by Gasteiger charge is -2.07. The van der Waals surface area contributed by atoms with Crippen molar-refractivity contribution < 1.29 is 32.3 Å². The highest BCUT2D eigenvalue weighted by Crippen LogP contribution is 2.16. The van der Waals surface area contributed by atoms with Crippen molar-refractivity contribution in [1.82, 2.24) is 4.72 Å². The topological polar surface area (TPSA) is 123 Å². The Morgan fingerprint density at radius 2 is 2.17 bits per heavy atom. The van der Waals surface area contributed by atoms with Crippen LogP contribution in [-0.4, -0.2) is 38.1 Å². The fraction of sp³-hybridized carbons (Fsp3) is 0.333. The van der Waals surface area contributed by atoms with E-state index in [9.17, 15) is 18.0 Å². The maximum Gasteiger partial charge on any atom is 0.371 e. The van der Waals surface area contributed by atoms with E-state index in [0.29, 0.717) is 0 Å². The first-order valence-corrected chi connectivity index (χ1v) is 6.40.